The molecule has 2 rings (SSSR count). The van der Waals surface area contributed by atoms with Crippen LogP contribution < -0.4 is 5.32 Å². The molecule has 0 saturated carbocycles. The zero-order valence-electron chi connectivity index (χ0n) is 12.7. The lowest BCUT2D eigenvalue weighted by molar-refractivity contribution is 0.0615. The molecule has 1 heterocycles. The van der Waals surface area contributed by atoms with Crippen LogP contribution in [-0.4, -0.2) is 36.5 Å². The van der Waals surface area contributed by atoms with Crippen molar-refractivity contribution in [3.63, 3.8) is 0 Å². The predicted octanol–water partition coefficient (Wildman–Crippen LogP) is 3.84. The second kappa shape index (κ2) is 6.55. The number of rotatable bonds is 3. The van der Waals surface area contributed by atoms with Gasteiger partial charge in [-0.1, -0.05) is 50.0 Å². The van der Waals surface area contributed by atoms with Gasteiger partial charge in [-0.05, 0) is 30.5 Å². The summed E-state index contributed by atoms with van der Waals surface area (Å²) in [5, 5.41) is 4.08. The van der Waals surface area contributed by atoms with Crippen molar-refractivity contribution < 1.29 is 4.79 Å². The highest BCUT2D eigenvalue weighted by molar-refractivity contribution is 6.43. The van der Waals surface area contributed by atoms with Gasteiger partial charge in [0.05, 0.1) is 15.6 Å². The Hall–Kier alpha value is -0.770. The summed E-state index contributed by atoms with van der Waals surface area (Å²) in [6, 6.07) is 5.43. The van der Waals surface area contributed by atoms with Gasteiger partial charge in [-0.25, -0.2) is 0 Å². The summed E-state index contributed by atoms with van der Waals surface area (Å²) in [5.41, 5.74) is 0.517. The number of carbonyl (C=O) groups is 1. The summed E-state index contributed by atoms with van der Waals surface area (Å²) in [6.07, 6.45) is 0.972. The van der Waals surface area contributed by atoms with Gasteiger partial charge in [-0.2, -0.15) is 0 Å². The zero-order valence-corrected chi connectivity index (χ0v) is 14.3. The number of hydrogen-bond acceptors (Lipinski definition) is 2. The molecular formula is C16H22Cl2N2O. The first kappa shape index (κ1) is 16.6. The molecule has 5 heteroatoms. The molecule has 1 aliphatic heterocycles. The first-order valence-corrected chi connectivity index (χ1v) is 8.01. The molecule has 1 aromatic carbocycles. The molecule has 1 unspecified atom stereocenters. The third-order valence-corrected chi connectivity index (χ3v) is 4.38. The number of carbonyl (C=O) groups excluding carboxylic acids is 1. The van der Waals surface area contributed by atoms with Gasteiger partial charge in [-0.15, -0.1) is 0 Å². The van der Waals surface area contributed by atoms with E-state index in [-0.39, 0.29) is 17.4 Å². The molecule has 21 heavy (non-hydrogen) atoms. The van der Waals surface area contributed by atoms with E-state index >= 15 is 0 Å². The van der Waals surface area contributed by atoms with Crippen molar-refractivity contribution in [2.45, 2.75) is 33.2 Å². The van der Waals surface area contributed by atoms with Gasteiger partial charge in [0.2, 0.25) is 0 Å². The molecule has 0 bridgehead atoms. The first-order chi connectivity index (χ1) is 9.79. The Morgan fingerprint density at radius 2 is 2.10 bits per heavy atom. The van der Waals surface area contributed by atoms with Crippen LogP contribution in [0.25, 0.3) is 0 Å². The average Bonchev–Trinajstić information content (AvgIpc) is 2.91. The number of hydrogen-bond donors (Lipinski definition) is 1. The Bertz CT molecular complexity index is 519. The van der Waals surface area contributed by atoms with Crippen molar-refractivity contribution in [1.29, 1.82) is 0 Å². The van der Waals surface area contributed by atoms with Crippen molar-refractivity contribution in [3.05, 3.63) is 33.8 Å². The van der Waals surface area contributed by atoms with E-state index in [0.29, 0.717) is 22.2 Å². The topological polar surface area (TPSA) is 32.3 Å². The molecule has 1 atom stereocenters. The summed E-state index contributed by atoms with van der Waals surface area (Å²) < 4.78 is 0. The third kappa shape index (κ3) is 4.12. The molecule has 0 spiro atoms. The van der Waals surface area contributed by atoms with E-state index in [9.17, 15) is 4.79 Å². The SMILES string of the molecule is CC(C)(C)CN(C(=O)c1cccc(Cl)c1Cl)C1CCNC1. The van der Waals surface area contributed by atoms with E-state index < -0.39 is 0 Å². The Morgan fingerprint density at radius 3 is 2.67 bits per heavy atom. The lowest BCUT2D eigenvalue weighted by atomic mass is 9.94. The highest BCUT2D eigenvalue weighted by Crippen LogP contribution is 2.29. The minimum atomic E-state index is -0.0360. The molecule has 1 N–H and O–H groups in total. The van der Waals surface area contributed by atoms with Crippen molar-refractivity contribution in [2.75, 3.05) is 19.6 Å². The quantitative estimate of drug-likeness (QED) is 0.914. The minimum Gasteiger partial charge on any atom is -0.334 e. The zero-order chi connectivity index (χ0) is 15.6. The van der Waals surface area contributed by atoms with E-state index in [2.05, 4.69) is 26.1 Å². The molecule has 0 aromatic heterocycles. The Balaban J connectivity index is 2.31. The van der Waals surface area contributed by atoms with Crippen LogP contribution in [0.5, 0.6) is 0 Å². The lowest BCUT2D eigenvalue weighted by Gasteiger charge is -2.34. The smallest absolute Gasteiger partial charge is 0.255 e. The summed E-state index contributed by atoms with van der Waals surface area (Å²) in [4.78, 5) is 14.9. The standard InChI is InChI=1S/C16H22Cl2N2O/c1-16(2,3)10-20(11-7-8-19-9-11)15(21)12-5-4-6-13(17)14(12)18/h4-6,11,19H,7-10H2,1-3H3. The predicted molar refractivity (Wildman–Crippen MR) is 88.2 cm³/mol. The number of benzene rings is 1. The third-order valence-electron chi connectivity index (χ3n) is 3.56. The molecule has 3 nitrogen and oxygen atoms in total. The molecule has 1 aliphatic rings. The number of amides is 1. The summed E-state index contributed by atoms with van der Waals surface area (Å²) >= 11 is 12.3. The van der Waals surface area contributed by atoms with Crippen LogP contribution in [0.3, 0.4) is 0 Å². The summed E-state index contributed by atoms with van der Waals surface area (Å²) in [5.74, 6) is -0.0360. The van der Waals surface area contributed by atoms with E-state index in [1.807, 2.05) is 4.90 Å². The largest absolute Gasteiger partial charge is 0.334 e. The van der Waals surface area contributed by atoms with Gasteiger partial charge in [0.15, 0.2) is 0 Å². The number of halogens is 2. The van der Waals surface area contributed by atoms with Crippen LogP contribution in [0, 0.1) is 5.41 Å². The fourth-order valence-corrected chi connectivity index (χ4v) is 2.99. The maximum absolute atomic E-state index is 12.9. The highest BCUT2D eigenvalue weighted by atomic mass is 35.5. The van der Waals surface area contributed by atoms with Crippen LogP contribution in [0.4, 0.5) is 0 Å². The van der Waals surface area contributed by atoms with E-state index in [1.54, 1.807) is 18.2 Å². The average molecular weight is 329 g/mol. The second-order valence-electron chi connectivity index (χ2n) is 6.74. The molecule has 0 radical (unpaired) electrons. The molecule has 0 aliphatic carbocycles. The van der Waals surface area contributed by atoms with Gasteiger partial charge >= 0.3 is 0 Å². The molecule has 116 valence electrons. The summed E-state index contributed by atoms with van der Waals surface area (Å²) in [7, 11) is 0. The normalized spacial score (nSPS) is 18.8. The lowest BCUT2D eigenvalue weighted by Crippen LogP contribution is -2.46. The monoisotopic (exact) mass is 328 g/mol. The first-order valence-electron chi connectivity index (χ1n) is 7.25. The Labute approximate surface area is 136 Å². The maximum atomic E-state index is 12.9. The summed E-state index contributed by atoms with van der Waals surface area (Å²) in [6.45, 7) is 8.88. The van der Waals surface area contributed by atoms with Crippen molar-refractivity contribution >= 4 is 29.1 Å². The Morgan fingerprint density at radius 1 is 1.38 bits per heavy atom. The molecule has 1 saturated heterocycles. The fraction of sp³-hybridized carbons (Fsp3) is 0.562. The minimum absolute atomic E-state index is 0.0311. The number of nitrogens with zero attached hydrogens (tertiary/aromatic N) is 1. The van der Waals surface area contributed by atoms with Crippen LogP contribution >= 0.6 is 23.2 Å². The van der Waals surface area contributed by atoms with Crippen molar-refractivity contribution in [1.82, 2.24) is 10.2 Å². The Kier molecular flexibility index (Phi) is 5.18. The molecule has 1 amide bonds. The van der Waals surface area contributed by atoms with Crippen LogP contribution in [0.15, 0.2) is 18.2 Å². The fourth-order valence-electron chi connectivity index (χ4n) is 2.61. The van der Waals surface area contributed by atoms with E-state index in [1.165, 1.54) is 0 Å². The molecule has 1 fully saturated rings. The highest BCUT2D eigenvalue weighted by Gasteiger charge is 2.31. The van der Waals surface area contributed by atoms with Crippen molar-refractivity contribution in [2.24, 2.45) is 5.41 Å². The van der Waals surface area contributed by atoms with Crippen LogP contribution in [0.2, 0.25) is 10.0 Å². The van der Waals surface area contributed by atoms with Crippen LogP contribution in [0.1, 0.15) is 37.6 Å². The number of nitrogens with one attached hydrogen (secondary N) is 1. The van der Waals surface area contributed by atoms with Gasteiger partial charge in [-0.3, -0.25) is 4.79 Å². The molecule has 1 aromatic rings. The van der Waals surface area contributed by atoms with Gasteiger partial charge < -0.3 is 10.2 Å². The molecular weight excluding hydrogens is 307 g/mol. The van der Waals surface area contributed by atoms with Gasteiger partial charge in [0, 0.05) is 19.1 Å². The van der Waals surface area contributed by atoms with Gasteiger partial charge in [0.25, 0.3) is 5.91 Å². The van der Waals surface area contributed by atoms with Crippen LogP contribution in [-0.2, 0) is 0 Å². The van der Waals surface area contributed by atoms with E-state index in [0.717, 1.165) is 19.5 Å². The van der Waals surface area contributed by atoms with E-state index in [4.69, 9.17) is 23.2 Å². The maximum Gasteiger partial charge on any atom is 0.255 e. The van der Waals surface area contributed by atoms with Gasteiger partial charge in [0.1, 0.15) is 0 Å². The second-order valence-corrected chi connectivity index (χ2v) is 7.53. The van der Waals surface area contributed by atoms with Crippen molar-refractivity contribution in [3.8, 4) is 0 Å².